The molecular weight excluding hydrogens is 367 g/mol. The van der Waals surface area contributed by atoms with Gasteiger partial charge in [-0.3, -0.25) is 0 Å². The molecule has 11 heteroatoms. The number of aromatic hydroxyl groups is 1. The van der Waals surface area contributed by atoms with Crippen molar-refractivity contribution in [2.45, 2.75) is 25.4 Å². The Labute approximate surface area is 161 Å². The number of phenols is 1. The highest BCUT2D eigenvalue weighted by molar-refractivity contribution is 6.41. The molecule has 1 aromatic carbocycles. The highest BCUT2D eigenvalue weighted by Crippen LogP contribution is 2.34. The first kappa shape index (κ1) is 19.9. The Bertz CT molecular complexity index is 860. The molecule has 1 aliphatic rings. The molecule has 6 N–H and O–H groups in total. The van der Waals surface area contributed by atoms with Gasteiger partial charge in [-0.05, 0) is 30.4 Å². The van der Waals surface area contributed by atoms with E-state index in [-0.39, 0.29) is 30.2 Å². The number of nitrogens with two attached hydrogens (primary N) is 1. The van der Waals surface area contributed by atoms with Gasteiger partial charge in [0.2, 0.25) is 5.95 Å². The number of aromatic carboxylic acids is 1. The van der Waals surface area contributed by atoms with E-state index in [0.29, 0.717) is 31.1 Å². The summed E-state index contributed by atoms with van der Waals surface area (Å²) in [5, 5.41) is 37.7. The number of carboxylic acids is 1. The van der Waals surface area contributed by atoms with Crippen LogP contribution in [0.4, 0.5) is 5.95 Å². The Morgan fingerprint density at radius 1 is 1.32 bits per heavy atom. The fraction of sp³-hybridized carbons (Fsp3) is 0.353. The Morgan fingerprint density at radius 3 is 2.71 bits per heavy atom. The lowest BCUT2D eigenvalue weighted by atomic mass is 9.82. The third-order valence-corrected chi connectivity index (χ3v) is 4.44. The first-order valence-corrected chi connectivity index (χ1v) is 8.77. The summed E-state index contributed by atoms with van der Waals surface area (Å²) >= 11 is 0. The van der Waals surface area contributed by atoms with Crippen molar-refractivity contribution in [2.75, 3.05) is 18.0 Å². The fourth-order valence-corrected chi connectivity index (χ4v) is 2.91. The maximum Gasteiger partial charge on any atom is 0.451 e. The van der Waals surface area contributed by atoms with Gasteiger partial charge in [-0.25, -0.2) is 14.8 Å². The second-order valence-corrected chi connectivity index (χ2v) is 6.47. The van der Waals surface area contributed by atoms with Crippen molar-refractivity contribution in [1.29, 1.82) is 0 Å². The molecule has 10 nitrogen and oxygen atoms in total. The largest absolute Gasteiger partial charge is 0.507 e. The molecule has 0 spiro atoms. The number of aromatic nitrogens is 2. The van der Waals surface area contributed by atoms with Crippen LogP contribution in [-0.2, 0) is 13.0 Å². The summed E-state index contributed by atoms with van der Waals surface area (Å²) in [6.07, 6.45) is 1.44. The third-order valence-electron chi connectivity index (χ3n) is 4.44. The van der Waals surface area contributed by atoms with Crippen LogP contribution in [0.15, 0.2) is 24.4 Å². The first-order chi connectivity index (χ1) is 13.4. The molecule has 1 fully saturated rings. The third kappa shape index (κ3) is 4.33. The van der Waals surface area contributed by atoms with Gasteiger partial charge in [-0.1, -0.05) is 6.07 Å². The summed E-state index contributed by atoms with van der Waals surface area (Å²) in [4.78, 5) is 22.0. The highest BCUT2D eigenvalue weighted by Gasteiger charge is 2.32. The minimum Gasteiger partial charge on any atom is -0.507 e. The van der Waals surface area contributed by atoms with Crippen LogP contribution in [0.5, 0.6) is 11.5 Å². The van der Waals surface area contributed by atoms with E-state index in [1.54, 1.807) is 12.3 Å². The van der Waals surface area contributed by atoms with Crippen LogP contribution in [0.2, 0.25) is 6.32 Å². The maximum atomic E-state index is 11.6. The summed E-state index contributed by atoms with van der Waals surface area (Å²) in [6, 6.07) is 4.72. The molecule has 1 aromatic heterocycles. The van der Waals surface area contributed by atoms with Crippen molar-refractivity contribution >= 4 is 19.0 Å². The Morgan fingerprint density at radius 2 is 2.07 bits per heavy atom. The fourth-order valence-electron chi connectivity index (χ4n) is 2.91. The predicted molar refractivity (Wildman–Crippen MR) is 100 cm³/mol. The zero-order valence-corrected chi connectivity index (χ0v) is 15.0. The molecular formula is C17H21BN4O6. The van der Waals surface area contributed by atoms with Gasteiger partial charge < -0.3 is 35.6 Å². The van der Waals surface area contributed by atoms with E-state index < -0.39 is 18.8 Å². The number of hydrogen-bond donors (Lipinski definition) is 5. The van der Waals surface area contributed by atoms with E-state index in [9.17, 15) is 15.0 Å². The number of aryl methyl sites for hydroxylation is 1. The van der Waals surface area contributed by atoms with E-state index >= 15 is 0 Å². The van der Waals surface area contributed by atoms with Crippen molar-refractivity contribution in [1.82, 2.24) is 9.97 Å². The van der Waals surface area contributed by atoms with Gasteiger partial charge in [0, 0.05) is 12.7 Å². The minimum absolute atomic E-state index is 0.0216. The molecule has 0 amide bonds. The van der Waals surface area contributed by atoms with Crippen LogP contribution in [0, 0.1) is 0 Å². The van der Waals surface area contributed by atoms with Gasteiger partial charge in [-0.15, -0.1) is 0 Å². The average Bonchev–Trinajstić information content (AvgIpc) is 2.63. The Balaban J connectivity index is 1.69. The average molecular weight is 388 g/mol. The molecule has 148 valence electrons. The smallest absolute Gasteiger partial charge is 0.451 e. The van der Waals surface area contributed by atoms with E-state index in [1.807, 2.05) is 4.90 Å². The van der Waals surface area contributed by atoms with Gasteiger partial charge in [0.15, 0.2) is 0 Å². The van der Waals surface area contributed by atoms with Crippen molar-refractivity contribution in [2.24, 2.45) is 5.73 Å². The van der Waals surface area contributed by atoms with Crippen LogP contribution >= 0.6 is 0 Å². The van der Waals surface area contributed by atoms with E-state index in [0.717, 1.165) is 5.69 Å². The lowest BCUT2D eigenvalue weighted by Crippen LogP contribution is -2.54. The van der Waals surface area contributed by atoms with Crippen LogP contribution in [0.25, 0.3) is 0 Å². The van der Waals surface area contributed by atoms with Gasteiger partial charge >= 0.3 is 13.1 Å². The highest BCUT2D eigenvalue weighted by atomic mass is 16.5. The number of rotatable bonds is 8. The molecule has 1 saturated heterocycles. The van der Waals surface area contributed by atoms with Crippen LogP contribution in [0.1, 0.15) is 21.6 Å². The SMILES string of the molecule is NCc1ccnc(N2CC(Oc3ccc(CCB(O)O)c(O)c3C(=O)O)C2)n1. The number of anilines is 1. The second-order valence-electron chi connectivity index (χ2n) is 6.47. The number of benzene rings is 1. The summed E-state index contributed by atoms with van der Waals surface area (Å²) in [7, 11) is -1.54. The van der Waals surface area contributed by atoms with Crippen molar-refractivity contribution < 1.29 is 29.8 Å². The second kappa shape index (κ2) is 8.42. The molecule has 0 bridgehead atoms. The molecule has 0 saturated carbocycles. The molecule has 0 atom stereocenters. The predicted octanol–water partition coefficient (Wildman–Crippen LogP) is -0.378. The standard InChI is InChI=1S/C17H21BN4O6/c19-7-11-4-6-20-17(21-11)22-8-12(9-22)28-13-2-1-10(3-5-18(26)27)15(23)14(13)16(24)25/h1-2,4,6,12,23,26-27H,3,5,7-9,19H2,(H,24,25). The quantitative estimate of drug-likeness (QED) is 0.377. The van der Waals surface area contributed by atoms with Crippen molar-refractivity contribution in [3.63, 3.8) is 0 Å². The maximum absolute atomic E-state index is 11.6. The number of nitrogens with zero attached hydrogens (tertiary/aromatic N) is 3. The number of ether oxygens (including phenoxy) is 1. The van der Waals surface area contributed by atoms with Crippen molar-refractivity contribution in [3.8, 4) is 11.5 Å². The van der Waals surface area contributed by atoms with E-state index in [1.165, 1.54) is 12.1 Å². The zero-order valence-electron chi connectivity index (χ0n) is 15.0. The summed E-state index contributed by atoms with van der Waals surface area (Å²) in [5.41, 5.74) is 6.26. The molecule has 0 radical (unpaired) electrons. The molecule has 0 unspecified atom stereocenters. The summed E-state index contributed by atoms with van der Waals surface area (Å²) in [6.45, 7) is 1.24. The van der Waals surface area contributed by atoms with Gasteiger partial charge in [0.05, 0.1) is 18.8 Å². The minimum atomic E-state index is -1.54. The molecule has 1 aliphatic heterocycles. The van der Waals surface area contributed by atoms with Gasteiger partial charge in [0.1, 0.15) is 23.2 Å². The number of carboxylic acid groups (broad SMARTS) is 1. The molecule has 2 aromatic rings. The topological polar surface area (TPSA) is 162 Å². The molecule has 3 rings (SSSR count). The lowest BCUT2D eigenvalue weighted by Gasteiger charge is -2.39. The van der Waals surface area contributed by atoms with Crippen LogP contribution < -0.4 is 15.4 Å². The van der Waals surface area contributed by atoms with Gasteiger partial charge in [-0.2, -0.15) is 0 Å². The molecule has 2 heterocycles. The van der Waals surface area contributed by atoms with Crippen LogP contribution in [0.3, 0.4) is 0 Å². The Kier molecular flexibility index (Phi) is 5.97. The van der Waals surface area contributed by atoms with Gasteiger partial charge in [0.25, 0.3) is 0 Å². The normalized spacial score (nSPS) is 13.9. The molecule has 0 aliphatic carbocycles. The summed E-state index contributed by atoms with van der Waals surface area (Å²) < 4.78 is 5.75. The zero-order chi connectivity index (χ0) is 20.3. The summed E-state index contributed by atoms with van der Waals surface area (Å²) in [5.74, 6) is -1.17. The van der Waals surface area contributed by atoms with E-state index in [2.05, 4.69) is 9.97 Å². The number of hydrogen-bond acceptors (Lipinski definition) is 9. The first-order valence-electron chi connectivity index (χ1n) is 8.77. The lowest BCUT2D eigenvalue weighted by molar-refractivity contribution is 0.0683. The van der Waals surface area contributed by atoms with Crippen molar-refractivity contribution in [3.05, 3.63) is 41.2 Å². The monoisotopic (exact) mass is 388 g/mol. The number of carbonyl (C=O) groups is 1. The van der Waals surface area contributed by atoms with E-state index in [4.69, 9.17) is 20.5 Å². The van der Waals surface area contributed by atoms with Crippen LogP contribution in [-0.4, -0.2) is 62.5 Å². The Hall–Kier alpha value is -2.89. The molecule has 28 heavy (non-hydrogen) atoms.